The second kappa shape index (κ2) is 11.0. The van der Waals surface area contributed by atoms with Crippen LogP contribution in [0.25, 0.3) is 0 Å². The molecule has 0 aliphatic heterocycles. The Labute approximate surface area is 179 Å². The Hall–Kier alpha value is -2.13. The molecule has 0 bridgehead atoms. The van der Waals surface area contributed by atoms with E-state index in [2.05, 4.69) is 52.0 Å². The molecule has 150 valence electrons. The van der Waals surface area contributed by atoms with Gasteiger partial charge in [0, 0.05) is 28.3 Å². The van der Waals surface area contributed by atoms with Gasteiger partial charge in [-0.2, -0.15) is 0 Å². The van der Waals surface area contributed by atoms with Gasteiger partial charge in [-0.1, -0.05) is 32.0 Å². The van der Waals surface area contributed by atoms with Gasteiger partial charge in [-0.15, -0.1) is 0 Å². The molecular weight excluding hydrogens is 473 g/mol. The van der Waals surface area contributed by atoms with Crippen molar-refractivity contribution in [2.75, 3.05) is 38.6 Å². The predicted molar refractivity (Wildman–Crippen MR) is 120 cm³/mol. The molecule has 0 atom stereocenters. The highest BCUT2D eigenvalue weighted by atomic mass is 131. The Bertz CT molecular complexity index is 808. The molecule has 0 aliphatic rings. The van der Waals surface area contributed by atoms with Gasteiger partial charge in [-0.05, 0) is 53.9 Å². The van der Waals surface area contributed by atoms with Crippen molar-refractivity contribution in [3.05, 3.63) is 57.2 Å². The summed E-state index contributed by atoms with van der Waals surface area (Å²) >= 11 is 2.11. The average Bonchev–Trinajstić information content (AvgIpc) is 2.72. The molecule has 2 aromatic carbocycles. The minimum atomic E-state index is -0.211. The van der Waals surface area contributed by atoms with E-state index in [-0.39, 0.29) is 11.8 Å². The summed E-state index contributed by atoms with van der Waals surface area (Å²) < 4.78 is 6.15. The third kappa shape index (κ3) is 5.93. The molecule has 0 aromatic heterocycles. The number of benzene rings is 2. The fraction of sp³-hybridized carbons (Fsp3) is 0.333. The number of halogens is 1. The summed E-state index contributed by atoms with van der Waals surface area (Å²) in [4.78, 5) is 27.2. The summed E-state index contributed by atoms with van der Waals surface area (Å²) in [5.74, 6) is 0.0176. The molecule has 0 heterocycles. The largest absolute Gasteiger partial charge is 0.496 e. The quantitative estimate of drug-likeness (QED) is 0.518. The van der Waals surface area contributed by atoms with Crippen LogP contribution in [0.15, 0.2) is 42.5 Å². The normalized spacial score (nSPS) is 10.6. The van der Waals surface area contributed by atoms with E-state index in [4.69, 9.17) is 4.74 Å². The predicted octanol–water partition coefficient (Wildman–Crippen LogP) is 3.62. The lowest BCUT2D eigenvalue weighted by Gasteiger charge is -2.18. The topological polar surface area (TPSA) is 70.7 Å². The Kier molecular flexibility index (Phi) is 8.72. The number of likely N-dealkylation sites (N-methyl/N-ethyl adjacent to an activating group) is 1. The molecule has 2 amide bonds. The summed E-state index contributed by atoms with van der Waals surface area (Å²) in [6.45, 7) is 7.45. The van der Waals surface area contributed by atoms with Gasteiger partial charge in [0.05, 0.1) is 18.4 Å². The van der Waals surface area contributed by atoms with E-state index in [1.807, 2.05) is 18.2 Å². The van der Waals surface area contributed by atoms with E-state index < -0.39 is 0 Å². The van der Waals surface area contributed by atoms with E-state index in [9.17, 15) is 9.59 Å². The van der Waals surface area contributed by atoms with Crippen molar-refractivity contribution in [3.8, 4) is 5.75 Å². The number of ether oxygens (including phenoxy) is 1. The lowest BCUT2D eigenvalue weighted by molar-refractivity contribution is 0.0945. The number of amides is 2. The minimum Gasteiger partial charge on any atom is -0.496 e. The van der Waals surface area contributed by atoms with E-state index in [0.717, 1.165) is 23.2 Å². The molecule has 7 heteroatoms. The molecule has 6 nitrogen and oxygen atoms in total. The average molecular weight is 499 g/mol. The maximum absolute atomic E-state index is 12.6. The van der Waals surface area contributed by atoms with Gasteiger partial charge in [-0.25, -0.2) is 0 Å². The number of nitrogens with one attached hydrogen (secondary N) is 2. The summed E-state index contributed by atoms with van der Waals surface area (Å²) in [6.07, 6.45) is 0. The third-order valence-electron chi connectivity index (χ3n) is 4.43. The summed E-state index contributed by atoms with van der Waals surface area (Å²) in [5, 5.41) is 5.81. The SMILES string of the molecule is CCN(CC)CCNC(=O)c1cc([131I])c(NC(=O)c2ccccc2)cc1OC. The van der Waals surface area contributed by atoms with Gasteiger partial charge in [0.2, 0.25) is 0 Å². The molecule has 0 spiro atoms. The maximum Gasteiger partial charge on any atom is 0.255 e. The molecule has 0 radical (unpaired) electrons. The Morgan fingerprint density at radius 1 is 1.07 bits per heavy atom. The smallest absolute Gasteiger partial charge is 0.255 e. The van der Waals surface area contributed by atoms with E-state index >= 15 is 0 Å². The molecule has 28 heavy (non-hydrogen) atoms. The van der Waals surface area contributed by atoms with Crippen molar-refractivity contribution in [2.24, 2.45) is 0 Å². The first-order valence-corrected chi connectivity index (χ1v) is 10.3. The van der Waals surface area contributed by atoms with Crippen LogP contribution in [-0.4, -0.2) is 50.0 Å². The number of carbonyl (C=O) groups is 2. The van der Waals surface area contributed by atoms with Crippen LogP contribution in [0.2, 0.25) is 0 Å². The van der Waals surface area contributed by atoms with E-state index in [1.54, 1.807) is 24.3 Å². The summed E-state index contributed by atoms with van der Waals surface area (Å²) in [7, 11) is 1.51. The molecule has 2 aromatic rings. The fourth-order valence-electron chi connectivity index (χ4n) is 2.74. The highest BCUT2D eigenvalue weighted by Crippen LogP contribution is 2.29. The monoisotopic (exact) mass is 499 g/mol. The van der Waals surface area contributed by atoms with Crippen molar-refractivity contribution in [3.63, 3.8) is 0 Å². The van der Waals surface area contributed by atoms with Gasteiger partial charge in [0.15, 0.2) is 0 Å². The number of nitrogens with zero attached hydrogens (tertiary/aromatic N) is 1. The maximum atomic E-state index is 12.6. The fourth-order valence-corrected chi connectivity index (χ4v) is 3.34. The number of methoxy groups -OCH3 is 1. The van der Waals surface area contributed by atoms with Crippen LogP contribution in [0, 0.1) is 3.57 Å². The summed E-state index contributed by atoms with van der Waals surface area (Å²) in [6, 6.07) is 12.4. The van der Waals surface area contributed by atoms with Crippen LogP contribution >= 0.6 is 22.6 Å². The zero-order valence-corrected chi connectivity index (χ0v) is 18.6. The zero-order chi connectivity index (χ0) is 20.5. The number of hydrogen-bond donors (Lipinski definition) is 2. The van der Waals surface area contributed by atoms with Crippen molar-refractivity contribution >= 4 is 40.1 Å². The highest BCUT2D eigenvalue weighted by Gasteiger charge is 2.17. The summed E-state index contributed by atoms with van der Waals surface area (Å²) in [5.41, 5.74) is 1.62. The van der Waals surface area contributed by atoms with Gasteiger partial charge >= 0.3 is 0 Å². The molecule has 0 saturated heterocycles. The van der Waals surface area contributed by atoms with Crippen molar-refractivity contribution in [1.82, 2.24) is 10.2 Å². The molecular formula is C21H26IN3O3. The second-order valence-electron chi connectivity index (χ2n) is 6.14. The number of carbonyl (C=O) groups excluding carboxylic acids is 2. The Balaban J connectivity index is 2.12. The van der Waals surface area contributed by atoms with Gasteiger partial charge in [0.1, 0.15) is 5.75 Å². The van der Waals surface area contributed by atoms with E-state index in [1.165, 1.54) is 7.11 Å². The van der Waals surface area contributed by atoms with Crippen molar-refractivity contribution < 1.29 is 14.3 Å². The van der Waals surface area contributed by atoms with Crippen LogP contribution in [-0.2, 0) is 0 Å². The number of anilines is 1. The lowest BCUT2D eigenvalue weighted by Crippen LogP contribution is -2.35. The molecule has 0 fully saturated rings. The second-order valence-corrected chi connectivity index (χ2v) is 7.30. The first-order chi connectivity index (χ1) is 13.5. The highest BCUT2D eigenvalue weighted by molar-refractivity contribution is 14.1. The van der Waals surface area contributed by atoms with Crippen LogP contribution in [0.3, 0.4) is 0 Å². The molecule has 2 N–H and O–H groups in total. The van der Waals surface area contributed by atoms with Crippen LogP contribution in [0.4, 0.5) is 5.69 Å². The third-order valence-corrected chi connectivity index (χ3v) is 5.32. The van der Waals surface area contributed by atoms with Gasteiger partial charge < -0.3 is 20.3 Å². The van der Waals surface area contributed by atoms with Crippen LogP contribution in [0.5, 0.6) is 5.75 Å². The van der Waals surface area contributed by atoms with Gasteiger partial charge in [0.25, 0.3) is 11.8 Å². The lowest BCUT2D eigenvalue weighted by atomic mass is 10.1. The molecule has 2 rings (SSSR count). The Morgan fingerprint density at radius 3 is 2.36 bits per heavy atom. The number of rotatable bonds is 9. The standard InChI is InChI=1S/C21H26IN3O3/c1-4-25(5-2)12-11-23-21(27)16-13-17(22)18(14-19(16)28-3)24-20(26)15-9-7-6-8-10-15/h6-10,13-14H,4-5,11-12H2,1-3H3,(H,23,27)(H,24,26)/i22+4. The van der Waals surface area contributed by atoms with Crippen LogP contribution in [0.1, 0.15) is 34.6 Å². The minimum absolute atomic E-state index is 0.192. The number of hydrogen-bond acceptors (Lipinski definition) is 4. The zero-order valence-electron chi connectivity index (χ0n) is 16.4. The van der Waals surface area contributed by atoms with Crippen LogP contribution < -0.4 is 15.4 Å². The molecule has 0 unspecified atom stereocenters. The van der Waals surface area contributed by atoms with Gasteiger partial charge in [-0.3, -0.25) is 9.59 Å². The molecule has 0 aliphatic carbocycles. The molecule has 0 saturated carbocycles. The first kappa shape index (κ1) is 22.2. The Morgan fingerprint density at radius 2 is 1.75 bits per heavy atom. The van der Waals surface area contributed by atoms with Crippen molar-refractivity contribution in [1.29, 1.82) is 0 Å². The van der Waals surface area contributed by atoms with Crippen molar-refractivity contribution in [2.45, 2.75) is 13.8 Å². The van der Waals surface area contributed by atoms with E-state index in [0.29, 0.717) is 29.1 Å². The first-order valence-electron chi connectivity index (χ1n) is 9.24.